The molecule has 2 nitrogen and oxygen atoms in total. The number of hydrogen-bond acceptors (Lipinski definition) is 2. The van der Waals surface area contributed by atoms with E-state index in [1.807, 2.05) is 0 Å². The maximum Gasteiger partial charge on any atom is 0.573 e. The summed E-state index contributed by atoms with van der Waals surface area (Å²) in [6.07, 6.45) is -9.50. The van der Waals surface area contributed by atoms with E-state index in [-0.39, 0.29) is 0 Å². The molecular formula is C13H6F7NO. The maximum atomic E-state index is 13.4. The van der Waals surface area contributed by atoms with E-state index in [2.05, 4.69) is 9.72 Å². The lowest BCUT2D eigenvalue weighted by Gasteiger charge is -2.17. The summed E-state index contributed by atoms with van der Waals surface area (Å²) in [5.41, 5.74) is -3.10. The molecule has 0 spiro atoms. The number of ether oxygens (including phenoxy) is 1. The van der Waals surface area contributed by atoms with Gasteiger partial charge in [-0.15, -0.1) is 13.2 Å². The Morgan fingerprint density at radius 1 is 0.864 bits per heavy atom. The third kappa shape index (κ3) is 3.46. The van der Waals surface area contributed by atoms with E-state index in [0.717, 1.165) is 30.5 Å². The maximum absolute atomic E-state index is 13.4. The standard InChI is InChI=1S/C13H6F7NO/c14-11-10(12(15,16)17)8(5-6-21-11)7-3-1-2-4-9(7)22-13(18,19)20/h1-6H. The summed E-state index contributed by atoms with van der Waals surface area (Å²) in [5, 5.41) is 0. The van der Waals surface area contributed by atoms with Gasteiger partial charge in [-0.25, -0.2) is 4.98 Å². The minimum Gasteiger partial charge on any atom is -0.405 e. The Morgan fingerprint density at radius 3 is 2.09 bits per heavy atom. The second-order valence-corrected chi connectivity index (χ2v) is 4.07. The molecule has 1 aromatic heterocycles. The molecule has 0 amide bonds. The van der Waals surface area contributed by atoms with Crippen molar-refractivity contribution in [1.29, 1.82) is 0 Å². The van der Waals surface area contributed by atoms with Gasteiger partial charge in [0.2, 0.25) is 5.95 Å². The third-order valence-electron chi connectivity index (χ3n) is 2.59. The average Bonchev–Trinajstić information content (AvgIpc) is 2.35. The second kappa shape index (κ2) is 5.47. The van der Waals surface area contributed by atoms with Crippen LogP contribution in [0.5, 0.6) is 5.75 Å². The molecule has 1 heterocycles. The minimum atomic E-state index is -5.13. The Kier molecular flexibility index (Phi) is 3.99. The monoisotopic (exact) mass is 325 g/mol. The Morgan fingerprint density at radius 2 is 1.50 bits per heavy atom. The van der Waals surface area contributed by atoms with Crippen molar-refractivity contribution in [2.24, 2.45) is 0 Å². The first kappa shape index (κ1) is 16.1. The number of rotatable bonds is 2. The molecule has 2 rings (SSSR count). The Bertz CT molecular complexity index is 679. The van der Waals surface area contributed by atoms with Crippen LogP contribution in [0.4, 0.5) is 30.7 Å². The summed E-state index contributed by atoms with van der Waals surface area (Å²) in [4.78, 5) is 2.89. The van der Waals surface area contributed by atoms with Crippen LogP contribution in [0.25, 0.3) is 11.1 Å². The molecule has 2 aromatic rings. The van der Waals surface area contributed by atoms with Crippen molar-refractivity contribution < 1.29 is 35.5 Å². The summed E-state index contributed by atoms with van der Waals surface area (Å²) in [7, 11) is 0. The fraction of sp³-hybridized carbons (Fsp3) is 0.154. The molecule has 0 aliphatic carbocycles. The van der Waals surface area contributed by atoms with Crippen LogP contribution in [0.3, 0.4) is 0 Å². The lowest BCUT2D eigenvalue weighted by Crippen LogP contribution is -2.18. The molecule has 0 saturated heterocycles. The van der Waals surface area contributed by atoms with E-state index in [4.69, 9.17) is 0 Å². The van der Waals surface area contributed by atoms with E-state index in [9.17, 15) is 30.7 Å². The van der Waals surface area contributed by atoms with Crippen LogP contribution in [0.15, 0.2) is 36.5 Å². The summed E-state index contributed by atoms with van der Waals surface area (Å²) in [6, 6.07) is 4.92. The van der Waals surface area contributed by atoms with E-state index < -0.39 is 40.9 Å². The van der Waals surface area contributed by atoms with Crippen molar-refractivity contribution in [2.45, 2.75) is 12.5 Å². The van der Waals surface area contributed by atoms with Gasteiger partial charge in [0, 0.05) is 17.3 Å². The van der Waals surface area contributed by atoms with Crippen molar-refractivity contribution in [3.8, 4) is 16.9 Å². The zero-order valence-electron chi connectivity index (χ0n) is 10.5. The Labute approximate surface area is 119 Å². The molecule has 118 valence electrons. The molecule has 0 atom stereocenters. The molecular weight excluding hydrogens is 319 g/mol. The molecule has 0 N–H and O–H groups in total. The summed E-state index contributed by atoms with van der Waals surface area (Å²) < 4.78 is 92.8. The molecule has 0 aliphatic rings. The highest BCUT2D eigenvalue weighted by Gasteiger charge is 2.39. The molecule has 0 aliphatic heterocycles. The van der Waals surface area contributed by atoms with Crippen molar-refractivity contribution in [3.05, 3.63) is 48.0 Å². The third-order valence-corrected chi connectivity index (χ3v) is 2.59. The summed E-state index contributed by atoms with van der Waals surface area (Å²) in [6.45, 7) is 0. The van der Waals surface area contributed by atoms with E-state index in [1.165, 1.54) is 6.07 Å². The highest BCUT2D eigenvalue weighted by atomic mass is 19.4. The van der Waals surface area contributed by atoms with Crippen LogP contribution in [-0.2, 0) is 6.18 Å². The largest absolute Gasteiger partial charge is 0.573 e. The SMILES string of the molecule is Fc1nccc(-c2ccccc2OC(F)(F)F)c1C(F)(F)F. The summed E-state index contributed by atoms with van der Waals surface area (Å²) in [5.74, 6) is -2.70. The van der Waals surface area contributed by atoms with Crippen LogP contribution in [0, 0.1) is 5.95 Å². The van der Waals surface area contributed by atoms with Crippen LogP contribution in [0.1, 0.15) is 5.56 Å². The molecule has 0 radical (unpaired) electrons. The fourth-order valence-electron chi connectivity index (χ4n) is 1.83. The van der Waals surface area contributed by atoms with Gasteiger partial charge in [-0.2, -0.15) is 17.6 Å². The quantitative estimate of drug-likeness (QED) is 0.584. The molecule has 9 heteroatoms. The number of aromatic nitrogens is 1. The first-order chi connectivity index (χ1) is 10.1. The van der Waals surface area contributed by atoms with Gasteiger partial charge in [-0.1, -0.05) is 18.2 Å². The highest BCUT2D eigenvalue weighted by molar-refractivity contribution is 5.73. The van der Waals surface area contributed by atoms with E-state index in [0.29, 0.717) is 0 Å². The van der Waals surface area contributed by atoms with Gasteiger partial charge in [0.1, 0.15) is 11.3 Å². The van der Waals surface area contributed by atoms with E-state index >= 15 is 0 Å². The molecule has 0 saturated carbocycles. The number of benzene rings is 1. The van der Waals surface area contributed by atoms with Gasteiger partial charge < -0.3 is 4.74 Å². The molecule has 0 unspecified atom stereocenters. The number of pyridine rings is 1. The first-order valence-corrected chi connectivity index (χ1v) is 5.66. The van der Waals surface area contributed by atoms with Gasteiger partial charge in [0.25, 0.3) is 0 Å². The second-order valence-electron chi connectivity index (χ2n) is 4.07. The predicted octanol–water partition coefficient (Wildman–Crippen LogP) is 4.81. The molecule has 0 fully saturated rings. The number of alkyl halides is 6. The van der Waals surface area contributed by atoms with Gasteiger partial charge in [0.05, 0.1) is 0 Å². The number of para-hydroxylation sites is 1. The van der Waals surface area contributed by atoms with Crippen LogP contribution in [-0.4, -0.2) is 11.3 Å². The van der Waals surface area contributed by atoms with Gasteiger partial charge in [-0.3, -0.25) is 0 Å². The van der Waals surface area contributed by atoms with Crippen LogP contribution < -0.4 is 4.74 Å². The van der Waals surface area contributed by atoms with Crippen LogP contribution >= 0.6 is 0 Å². The Balaban J connectivity index is 2.66. The first-order valence-electron chi connectivity index (χ1n) is 5.66. The summed E-state index contributed by atoms with van der Waals surface area (Å²) >= 11 is 0. The number of nitrogens with zero attached hydrogens (tertiary/aromatic N) is 1. The number of halogens is 7. The molecule has 1 aromatic carbocycles. The predicted molar refractivity (Wildman–Crippen MR) is 61.3 cm³/mol. The van der Waals surface area contributed by atoms with Gasteiger partial charge in [-0.05, 0) is 12.1 Å². The lowest BCUT2D eigenvalue weighted by molar-refractivity contribution is -0.274. The topological polar surface area (TPSA) is 22.1 Å². The smallest absolute Gasteiger partial charge is 0.405 e. The minimum absolute atomic E-state index is 0.548. The van der Waals surface area contributed by atoms with Gasteiger partial charge in [0.15, 0.2) is 0 Å². The molecule has 22 heavy (non-hydrogen) atoms. The zero-order valence-corrected chi connectivity index (χ0v) is 10.5. The van der Waals surface area contributed by atoms with Crippen molar-refractivity contribution >= 4 is 0 Å². The normalized spacial score (nSPS) is 12.3. The number of hydrogen-bond donors (Lipinski definition) is 0. The van der Waals surface area contributed by atoms with Gasteiger partial charge >= 0.3 is 12.5 Å². The molecule has 0 bridgehead atoms. The zero-order chi connectivity index (χ0) is 16.5. The average molecular weight is 325 g/mol. The van der Waals surface area contributed by atoms with E-state index in [1.54, 1.807) is 0 Å². The Hall–Kier alpha value is -2.32. The van der Waals surface area contributed by atoms with Crippen molar-refractivity contribution in [2.75, 3.05) is 0 Å². The fourth-order valence-corrected chi connectivity index (χ4v) is 1.83. The van der Waals surface area contributed by atoms with Crippen molar-refractivity contribution in [3.63, 3.8) is 0 Å². The lowest BCUT2D eigenvalue weighted by atomic mass is 10.0. The highest BCUT2D eigenvalue weighted by Crippen LogP contribution is 2.42. The van der Waals surface area contributed by atoms with Crippen molar-refractivity contribution in [1.82, 2.24) is 4.98 Å². The van der Waals surface area contributed by atoms with Crippen LogP contribution in [0.2, 0.25) is 0 Å².